The summed E-state index contributed by atoms with van der Waals surface area (Å²) in [5.41, 5.74) is 2.77. The minimum Gasteiger partial charge on any atom is -0.258 e. The summed E-state index contributed by atoms with van der Waals surface area (Å²) >= 11 is 0. The van der Waals surface area contributed by atoms with Gasteiger partial charge in [-0.25, -0.2) is 5.01 Å². The first-order chi connectivity index (χ1) is 4.90. The topological polar surface area (TPSA) is 41.3 Å². The monoisotopic (exact) mass is 141 g/mol. The van der Waals surface area contributed by atoms with Gasteiger partial charge in [-0.3, -0.25) is 5.84 Å². The summed E-state index contributed by atoms with van der Waals surface area (Å²) in [6.07, 6.45) is 5.52. The van der Waals surface area contributed by atoms with E-state index < -0.39 is 0 Å². The fourth-order valence-electron chi connectivity index (χ4n) is 2.22. The van der Waals surface area contributed by atoms with Gasteiger partial charge >= 0.3 is 0 Å². The molecule has 2 heterocycles. The van der Waals surface area contributed by atoms with Gasteiger partial charge in [0.1, 0.15) is 0 Å². The van der Waals surface area contributed by atoms with Crippen molar-refractivity contribution >= 4 is 0 Å². The Morgan fingerprint density at radius 1 is 1.20 bits per heavy atom. The molecule has 0 amide bonds. The zero-order valence-electron chi connectivity index (χ0n) is 6.21. The molecule has 0 aromatic rings. The van der Waals surface area contributed by atoms with Crippen LogP contribution in [0.3, 0.4) is 0 Å². The van der Waals surface area contributed by atoms with Crippen molar-refractivity contribution in [1.29, 1.82) is 0 Å². The number of nitrogens with two attached hydrogens (primary N) is 1. The molecular weight excluding hydrogens is 126 g/mol. The first kappa shape index (κ1) is 6.58. The molecule has 0 spiro atoms. The van der Waals surface area contributed by atoms with Gasteiger partial charge in [-0.1, -0.05) is 0 Å². The van der Waals surface area contributed by atoms with E-state index in [-0.39, 0.29) is 0 Å². The second-order valence-corrected chi connectivity index (χ2v) is 3.46. The van der Waals surface area contributed by atoms with E-state index in [4.69, 9.17) is 5.84 Å². The van der Waals surface area contributed by atoms with Crippen LogP contribution in [0.2, 0.25) is 0 Å². The van der Waals surface area contributed by atoms with E-state index in [0.717, 1.165) is 12.0 Å². The van der Waals surface area contributed by atoms with Gasteiger partial charge in [0.25, 0.3) is 0 Å². The highest BCUT2D eigenvalue weighted by Crippen LogP contribution is 2.33. The molecule has 2 aliphatic heterocycles. The van der Waals surface area contributed by atoms with Gasteiger partial charge < -0.3 is 0 Å². The molecule has 58 valence electrons. The quantitative estimate of drug-likeness (QED) is 0.406. The molecule has 0 atom stereocenters. The highest BCUT2D eigenvalue weighted by Gasteiger charge is 2.32. The standard InChI is InChI=1S/C7H15N3/c8-9-10-5-6-1-3-7(10)4-2-6/h6-7,9H,1-5,8H2. The molecule has 2 saturated heterocycles. The summed E-state index contributed by atoms with van der Waals surface area (Å²) in [6, 6.07) is 0.731. The van der Waals surface area contributed by atoms with Crippen LogP contribution in [-0.4, -0.2) is 17.6 Å². The summed E-state index contributed by atoms with van der Waals surface area (Å²) < 4.78 is 0. The van der Waals surface area contributed by atoms with E-state index in [9.17, 15) is 0 Å². The average Bonchev–Trinajstić information content (AvgIpc) is 2.06. The minimum atomic E-state index is 0.731. The van der Waals surface area contributed by atoms with Crippen LogP contribution in [0.1, 0.15) is 25.7 Å². The molecule has 3 N–H and O–H groups in total. The van der Waals surface area contributed by atoms with Gasteiger partial charge in [-0.15, -0.1) is 0 Å². The third kappa shape index (κ3) is 0.944. The van der Waals surface area contributed by atoms with Crippen molar-refractivity contribution in [2.45, 2.75) is 31.7 Å². The fraction of sp³-hybridized carbons (Fsp3) is 1.00. The molecule has 1 saturated carbocycles. The lowest BCUT2D eigenvalue weighted by Gasteiger charge is -2.44. The lowest BCUT2D eigenvalue weighted by atomic mass is 9.81. The summed E-state index contributed by atoms with van der Waals surface area (Å²) in [5, 5.41) is 2.19. The van der Waals surface area contributed by atoms with Gasteiger partial charge in [-0.05, 0) is 31.6 Å². The van der Waals surface area contributed by atoms with Crippen LogP contribution < -0.4 is 11.4 Å². The zero-order chi connectivity index (χ0) is 6.97. The molecule has 3 nitrogen and oxygen atoms in total. The number of fused-ring (bicyclic) bond motifs is 3. The average molecular weight is 141 g/mol. The maximum atomic E-state index is 5.37. The van der Waals surface area contributed by atoms with Gasteiger partial charge in [0, 0.05) is 12.6 Å². The van der Waals surface area contributed by atoms with Crippen LogP contribution >= 0.6 is 0 Å². The summed E-state index contributed by atoms with van der Waals surface area (Å²) in [7, 11) is 0. The molecule has 3 heteroatoms. The predicted molar refractivity (Wildman–Crippen MR) is 39.8 cm³/mol. The second-order valence-electron chi connectivity index (χ2n) is 3.46. The van der Waals surface area contributed by atoms with E-state index in [2.05, 4.69) is 10.5 Å². The van der Waals surface area contributed by atoms with Crippen molar-refractivity contribution in [1.82, 2.24) is 10.5 Å². The van der Waals surface area contributed by atoms with E-state index >= 15 is 0 Å². The molecule has 3 fully saturated rings. The third-order valence-corrected chi connectivity index (χ3v) is 2.88. The Bertz CT molecular complexity index is 118. The van der Waals surface area contributed by atoms with Gasteiger partial charge in [0.05, 0.1) is 0 Å². The summed E-state index contributed by atoms with van der Waals surface area (Å²) in [4.78, 5) is 0. The van der Waals surface area contributed by atoms with Crippen molar-refractivity contribution < 1.29 is 0 Å². The van der Waals surface area contributed by atoms with E-state index in [0.29, 0.717) is 0 Å². The number of piperidine rings is 2. The molecule has 3 aliphatic rings. The first-order valence-electron chi connectivity index (χ1n) is 4.13. The maximum absolute atomic E-state index is 5.37. The molecule has 0 aromatic heterocycles. The number of rotatable bonds is 1. The normalized spacial score (nSPS) is 40.5. The number of nitrogens with zero attached hydrogens (tertiary/aromatic N) is 1. The molecule has 1 aliphatic carbocycles. The van der Waals surface area contributed by atoms with Crippen LogP contribution in [0.25, 0.3) is 0 Å². The van der Waals surface area contributed by atoms with Crippen molar-refractivity contribution in [2.24, 2.45) is 11.8 Å². The highest BCUT2D eigenvalue weighted by molar-refractivity contribution is 4.85. The van der Waals surface area contributed by atoms with E-state index in [1.165, 1.54) is 32.2 Å². The smallest absolute Gasteiger partial charge is 0.0257 e. The van der Waals surface area contributed by atoms with Crippen LogP contribution in [0.4, 0.5) is 0 Å². The Labute approximate surface area is 61.5 Å². The minimum absolute atomic E-state index is 0.731. The Hall–Kier alpha value is -0.120. The largest absolute Gasteiger partial charge is 0.258 e. The number of nitrogens with one attached hydrogen (secondary N) is 1. The highest BCUT2D eigenvalue weighted by atomic mass is 15.6. The zero-order valence-corrected chi connectivity index (χ0v) is 6.21. The molecule has 0 unspecified atom stereocenters. The lowest BCUT2D eigenvalue weighted by molar-refractivity contribution is 0.00630. The van der Waals surface area contributed by atoms with E-state index in [1.807, 2.05) is 0 Å². The maximum Gasteiger partial charge on any atom is 0.0257 e. The van der Waals surface area contributed by atoms with Crippen LogP contribution in [0, 0.1) is 5.92 Å². The second kappa shape index (κ2) is 2.49. The number of hydrogen-bond acceptors (Lipinski definition) is 3. The van der Waals surface area contributed by atoms with Crippen LogP contribution in [0.5, 0.6) is 0 Å². The SMILES string of the molecule is NNN1CC2CCC1CC2. The molecule has 0 radical (unpaired) electrons. The Morgan fingerprint density at radius 3 is 2.20 bits per heavy atom. The van der Waals surface area contributed by atoms with Crippen molar-refractivity contribution in [3.63, 3.8) is 0 Å². The molecule has 2 bridgehead atoms. The predicted octanol–water partition coefficient (Wildman–Crippen LogP) is 0.239. The molecule has 10 heavy (non-hydrogen) atoms. The van der Waals surface area contributed by atoms with E-state index in [1.54, 1.807) is 0 Å². The molecule has 3 rings (SSSR count). The van der Waals surface area contributed by atoms with Crippen molar-refractivity contribution in [2.75, 3.05) is 6.54 Å². The third-order valence-electron chi connectivity index (χ3n) is 2.88. The molecule has 0 aromatic carbocycles. The fourth-order valence-corrected chi connectivity index (χ4v) is 2.22. The van der Waals surface area contributed by atoms with Crippen molar-refractivity contribution in [3.8, 4) is 0 Å². The Morgan fingerprint density at radius 2 is 1.90 bits per heavy atom. The van der Waals surface area contributed by atoms with Crippen LogP contribution in [-0.2, 0) is 0 Å². The summed E-state index contributed by atoms with van der Waals surface area (Å²) in [6.45, 7) is 1.17. The first-order valence-corrected chi connectivity index (χ1v) is 4.13. The number of hydrazine groups is 2. The summed E-state index contributed by atoms with van der Waals surface area (Å²) in [5.74, 6) is 6.28. The Balaban J connectivity index is 2.01. The van der Waals surface area contributed by atoms with Gasteiger partial charge in [-0.2, -0.15) is 5.53 Å². The molecular formula is C7H15N3. The van der Waals surface area contributed by atoms with Crippen molar-refractivity contribution in [3.05, 3.63) is 0 Å². The van der Waals surface area contributed by atoms with Crippen LogP contribution in [0.15, 0.2) is 0 Å². The van der Waals surface area contributed by atoms with Gasteiger partial charge in [0.15, 0.2) is 0 Å². The lowest BCUT2D eigenvalue weighted by Crippen LogP contribution is -2.56. The number of hydrogen-bond donors (Lipinski definition) is 2. The Kier molecular flexibility index (Phi) is 1.64. The van der Waals surface area contributed by atoms with Gasteiger partial charge in [0.2, 0.25) is 0 Å².